The van der Waals surface area contributed by atoms with Crippen LogP contribution in [0.4, 0.5) is 9.59 Å². The van der Waals surface area contributed by atoms with Crippen molar-refractivity contribution in [2.45, 2.75) is 85.2 Å². The Kier molecular flexibility index (Phi) is 6.55. The SMILES string of the molecule is CCNC(=O)ON=C1CCC2C3CC=C4CC(OC(=O)NCC)CCC4(C)C3CCC12C. The molecule has 0 heterocycles. The maximum Gasteiger partial charge on any atom is 0.433 e. The van der Waals surface area contributed by atoms with E-state index in [4.69, 9.17) is 9.57 Å². The van der Waals surface area contributed by atoms with Crippen LogP contribution >= 0.6 is 0 Å². The van der Waals surface area contributed by atoms with E-state index in [1.807, 2.05) is 13.8 Å². The Labute approximate surface area is 191 Å². The molecule has 3 fully saturated rings. The molecule has 4 aliphatic rings. The average molecular weight is 446 g/mol. The number of nitrogens with one attached hydrogen (secondary N) is 2. The highest BCUT2D eigenvalue weighted by Crippen LogP contribution is 2.64. The van der Waals surface area contributed by atoms with Gasteiger partial charge in [0.2, 0.25) is 0 Å². The van der Waals surface area contributed by atoms with Crippen LogP contribution in [0.15, 0.2) is 16.8 Å². The highest BCUT2D eigenvalue weighted by Gasteiger charge is 2.58. The van der Waals surface area contributed by atoms with E-state index in [1.54, 1.807) is 0 Å². The molecule has 0 aromatic heterocycles. The molecular formula is C25H39N3O4. The van der Waals surface area contributed by atoms with Gasteiger partial charge < -0.3 is 15.4 Å². The zero-order chi connectivity index (χ0) is 22.9. The van der Waals surface area contributed by atoms with Gasteiger partial charge in [0, 0.05) is 24.9 Å². The van der Waals surface area contributed by atoms with Crippen molar-refractivity contribution in [3.8, 4) is 0 Å². The number of carbonyl (C=O) groups is 2. The van der Waals surface area contributed by atoms with Crippen molar-refractivity contribution < 1.29 is 19.2 Å². The molecule has 7 nitrogen and oxygen atoms in total. The number of hydrogen-bond donors (Lipinski definition) is 2. The number of alkyl carbamates (subject to hydrolysis) is 1. The minimum Gasteiger partial charge on any atom is -0.446 e. The third kappa shape index (κ3) is 4.03. The molecule has 0 bridgehead atoms. The van der Waals surface area contributed by atoms with Crippen LogP contribution in [-0.2, 0) is 9.57 Å². The Bertz CT molecular complexity index is 809. The second-order valence-electron chi connectivity index (χ2n) is 10.5. The predicted octanol–water partition coefficient (Wildman–Crippen LogP) is 5.17. The van der Waals surface area contributed by atoms with Crippen LogP contribution in [0.2, 0.25) is 0 Å². The monoisotopic (exact) mass is 445 g/mol. The van der Waals surface area contributed by atoms with Gasteiger partial charge in [-0.15, -0.1) is 0 Å². The summed E-state index contributed by atoms with van der Waals surface area (Å²) in [6.45, 7) is 9.69. The minimum atomic E-state index is -0.468. The quantitative estimate of drug-likeness (QED) is 0.355. The van der Waals surface area contributed by atoms with E-state index in [2.05, 4.69) is 35.7 Å². The molecule has 0 aromatic carbocycles. The van der Waals surface area contributed by atoms with Gasteiger partial charge >= 0.3 is 12.2 Å². The molecule has 178 valence electrons. The fourth-order valence-corrected chi connectivity index (χ4v) is 7.28. The van der Waals surface area contributed by atoms with Crippen molar-refractivity contribution in [2.24, 2.45) is 33.7 Å². The zero-order valence-electron chi connectivity index (χ0n) is 20.0. The standard InChI is InChI=1S/C25H39N3O4/c1-5-26-22(29)31-17-11-13-24(3)16(15-17)7-8-18-19-9-10-21(28-32-23(30)27-6-2)25(19,4)14-12-20(18)24/h7,17-20H,5-6,8-15H2,1-4H3,(H,26,29)(H,27,30). The highest BCUT2D eigenvalue weighted by molar-refractivity contribution is 5.92. The number of allylic oxidation sites excluding steroid dienone is 1. The summed E-state index contributed by atoms with van der Waals surface area (Å²) in [5.41, 5.74) is 2.77. The topological polar surface area (TPSA) is 89.0 Å². The maximum absolute atomic E-state index is 11.9. The van der Waals surface area contributed by atoms with Crippen molar-refractivity contribution in [1.29, 1.82) is 0 Å². The molecule has 6 atom stereocenters. The Hall–Kier alpha value is -2.05. The van der Waals surface area contributed by atoms with Crippen LogP contribution in [0.5, 0.6) is 0 Å². The Morgan fingerprint density at radius 1 is 1.03 bits per heavy atom. The van der Waals surface area contributed by atoms with Crippen molar-refractivity contribution >= 4 is 17.9 Å². The minimum absolute atomic E-state index is 0.0112. The van der Waals surface area contributed by atoms with Gasteiger partial charge in [-0.25, -0.2) is 9.59 Å². The van der Waals surface area contributed by atoms with E-state index in [0.717, 1.165) is 50.7 Å². The second-order valence-corrected chi connectivity index (χ2v) is 10.5. The van der Waals surface area contributed by atoms with Crippen LogP contribution in [-0.4, -0.2) is 37.1 Å². The Morgan fingerprint density at radius 3 is 2.47 bits per heavy atom. The van der Waals surface area contributed by atoms with Crippen LogP contribution in [0.3, 0.4) is 0 Å². The molecule has 6 unspecified atom stereocenters. The summed E-state index contributed by atoms with van der Waals surface area (Å²) in [4.78, 5) is 28.8. The highest BCUT2D eigenvalue weighted by atomic mass is 16.7. The lowest BCUT2D eigenvalue weighted by Crippen LogP contribution is -2.50. The van der Waals surface area contributed by atoms with E-state index < -0.39 is 6.09 Å². The largest absolute Gasteiger partial charge is 0.446 e. The molecule has 0 aromatic rings. The number of ether oxygens (including phenoxy) is 1. The lowest BCUT2D eigenvalue weighted by molar-refractivity contribution is -0.0239. The summed E-state index contributed by atoms with van der Waals surface area (Å²) in [5.74, 6) is 1.88. The van der Waals surface area contributed by atoms with Crippen molar-refractivity contribution in [2.75, 3.05) is 13.1 Å². The third-order valence-corrected chi connectivity index (χ3v) is 8.95. The van der Waals surface area contributed by atoms with Crippen LogP contribution < -0.4 is 10.6 Å². The second kappa shape index (κ2) is 9.06. The first kappa shape index (κ1) is 23.1. The van der Waals surface area contributed by atoms with Crippen LogP contribution in [0, 0.1) is 28.6 Å². The molecule has 2 N–H and O–H groups in total. The molecule has 4 aliphatic carbocycles. The first-order valence-corrected chi connectivity index (χ1v) is 12.5. The van der Waals surface area contributed by atoms with Gasteiger partial charge in [-0.1, -0.05) is 30.7 Å². The summed E-state index contributed by atoms with van der Waals surface area (Å²) in [6, 6.07) is 0. The van der Waals surface area contributed by atoms with E-state index in [-0.39, 0.29) is 23.0 Å². The van der Waals surface area contributed by atoms with Crippen molar-refractivity contribution in [3.63, 3.8) is 0 Å². The summed E-state index contributed by atoms with van der Waals surface area (Å²) in [5, 5.41) is 9.72. The number of oxime groups is 1. The van der Waals surface area contributed by atoms with Crippen molar-refractivity contribution in [3.05, 3.63) is 11.6 Å². The number of amides is 2. The fraction of sp³-hybridized carbons (Fsp3) is 0.800. The molecule has 0 aliphatic heterocycles. The average Bonchev–Trinajstić information content (AvgIpc) is 3.09. The fourth-order valence-electron chi connectivity index (χ4n) is 7.28. The molecule has 0 radical (unpaired) electrons. The van der Waals surface area contributed by atoms with Gasteiger partial charge in [-0.05, 0) is 82.0 Å². The van der Waals surface area contributed by atoms with Gasteiger partial charge in [0.25, 0.3) is 0 Å². The third-order valence-electron chi connectivity index (χ3n) is 8.95. The lowest BCUT2D eigenvalue weighted by Gasteiger charge is -2.57. The summed E-state index contributed by atoms with van der Waals surface area (Å²) in [6.07, 6.45) is 9.96. The van der Waals surface area contributed by atoms with E-state index in [9.17, 15) is 9.59 Å². The Morgan fingerprint density at radius 2 is 1.72 bits per heavy atom. The number of fused-ring (bicyclic) bond motifs is 5. The van der Waals surface area contributed by atoms with E-state index in [1.165, 1.54) is 12.0 Å². The van der Waals surface area contributed by atoms with Crippen LogP contribution in [0.1, 0.15) is 79.1 Å². The maximum atomic E-state index is 11.9. The smallest absolute Gasteiger partial charge is 0.433 e. The molecule has 7 heteroatoms. The zero-order valence-corrected chi connectivity index (χ0v) is 20.0. The van der Waals surface area contributed by atoms with E-state index >= 15 is 0 Å². The first-order chi connectivity index (χ1) is 15.3. The van der Waals surface area contributed by atoms with Gasteiger partial charge in [0.05, 0.1) is 5.71 Å². The van der Waals surface area contributed by atoms with Gasteiger partial charge in [-0.3, -0.25) is 4.84 Å². The molecule has 32 heavy (non-hydrogen) atoms. The molecule has 3 saturated carbocycles. The predicted molar refractivity (Wildman–Crippen MR) is 123 cm³/mol. The number of hydrogen-bond acceptors (Lipinski definition) is 5. The molecule has 0 saturated heterocycles. The summed E-state index contributed by atoms with van der Waals surface area (Å²) < 4.78 is 5.67. The van der Waals surface area contributed by atoms with E-state index in [0.29, 0.717) is 30.8 Å². The van der Waals surface area contributed by atoms with Gasteiger partial charge in [0.1, 0.15) is 6.10 Å². The van der Waals surface area contributed by atoms with Gasteiger partial charge in [-0.2, -0.15) is 0 Å². The van der Waals surface area contributed by atoms with Crippen molar-refractivity contribution in [1.82, 2.24) is 10.6 Å². The number of carbonyl (C=O) groups excluding carboxylic acids is 2. The normalized spacial score (nSPS) is 39.2. The number of rotatable bonds is 4. The number of nitrogens with zero attached hydrogens (tertiary/aromatic N) is 1. The van der Waals surface area contributed by atoms with Gasteiger partial charge in [0.15, 0.2) is 0 Å². The Balaban J connectivity index is 1.47. The summed E-state index contributed by atoms with van der Waals surface area (Å²) >= 11 is 0. The molecular weight excluding hydrogens is 406 g/mol. The van der Waals surface area contributed by atoms with Crippen LogP contribution in [0.25, 0.3) is 0 Å². The first-order valence-electron chi connectivity index (χ1n) is 12.5. The molecule has 4 rings (SSSR count). The lowest BCUT2D eigenvalue weighted by atomic mass is 9.48. The summed E-state index contributed by atoms with van der Waals surface area (Å²) in [7, 11) is 0. The molecule has 2 amide bonds. The molecule has 0 spiro atoms.